The fourth-order valence-corrected chi connectivity index (χ4v) is 0.901. The van der Waals surface area contributed by atoms with Gasteiger partial charge < -0.3 is 4.74 Å². The Morgan fingerprint density at radius 1 is 1.43 bits per heavy atom. The molecule has 70 valence electrons. The van der Waals surface area contributed by atoms with Crippen molar-refractivity contribution in [3.8, 4) is 6.07 Å². The number of benzene rings is 1. The van der Waals surface area contributed by atoms with Crippen LogP contribution in [0.25, 0.3) is 6.08 Å². The summed E-state index contributed by atoms with van der Waals surface area (Å²) in [6.45, 7) is 0. The SMILES string of the molecule is COC(=O)/C=C\c1ccc(C#N)cc1. The summed E-state index contributed by atoms with van der Waals surface area (Å²) in [6.07, 6.45) is 2.97. The van der Waals surface area contributed by atoms with E-state index in [-0.39, 0.29) is 0 Å². The summed E-state index contributed by atoms with van der Waals surface area (Å²) in [7, 11) is 1.32. The summed E-state index contributed by atoms with van der Waals surface area (Å²) in [4.78, 5) is 10.7. The molecule has 14 heavy (non-hydrogen) atoms. The lowest BCUT2D eigenvalue weighted by molar-refractivity contribution is -0.134. The molecule has 0 saturated heterocycles. The molecule has 0 fully saturated rings. The monoisotopic (exact) mass is 187 g/mol. The van der Waals surface area contributed by atoms with E-state index in [2.05, 4.69) is 4.74 Å². The van der Waals surface area contributed by atoms with Crippen molar-refractivity contribution in [1.29, 1.82) is 5.26 Å². The van der Waals surface area contributed by atoms with Gasteiger partial charge in [-0.25, -0.2) is 4.79 Å². The summed E-state index contributed by atoms with van der Waals surface area (Å²) < 4.78 is 4.44. The van der Waals surface area contributed by atoms with Crippen molar-refractivity contribution >= 4 is 12.0 Å². The first kappa shape index (κ1) is 10.0. The first-order valence-corrected chi connectivity index (χ1v) is 4.02. The van der Waals surface area contributed by atoms with Gasteiger partial charge in [0.15, 0.2) is 0 Å². The van der Waals surface area contributed by atoms with Crippen LogP contribution in [0.3, 0.4) is 0 Å². The molecule has 1 rings (SSSR count). The van der Waals surface area contributed by atoms with Gasteiger partial charge in [0.05, 0.1) is 18.7 Å². The van der Waals surface area contributed by atoms with Gasteiger partial charge in [0.2, 0.25) is 0 Å². The lowest BCUT2D eigenvalue weighted by Gasteiger charge is -1.93. The molecular weight excluding hydrogens is 178 g/mol. The van der Waals surface area contributed by atoms with Crippen LogP contribution in [0.15, 0.2) is 30.3 Å². The minimum absolute atomic E-state index is 0.394. The number of hydrogen-bond acceptors (Lipinski definition) is 3. The minimum Gasteiger partial charge on any atom is -0.466 e. The Hall–Kier alpha value is -2.08. The summed E-state index contributed by atoms with van der Waals surface area (Å²) in [6, 6.07) is 8.92. The number of methoxy groups -OCH3 is 1. The zero-order chi connectivity index (χ0) is 10.4. The van der Waals surface area contributed by atoms with Crippen molar-refractivity contribution in [2.45, 2.75) is 0 Å². The molecular formula is C11H9NO2. The van der Waals surface area contributed by atoms with Gasteiger partial charge in [0.25, 0.3) is 0 Å². The molecule has 0 saturated carbocycles. The van der Waals surface area contributed by atoms with Crippen LogP contribution >= 0.6 is 0 Å². The van der Waals surface area contributed by atoms with E-state index in [9.17, 15) is 4.79 Å². The van der Waals surface area contributed by atoms with Crippen molar-refractivity contribution in [2.75, 3.05) is 7.11 Å². The maximum absolute atomic E-state index is 10.7. The Bertz CT molecular complexity index is 385. The van der Waals surface area contributed by atoms with E-state index in [1.807, 2.05) is 6.07 Å². The Kier molecular flexibility index (Phi) is 3.45. The second kappa shape index (κ2) is 4.83. The molecule has 0 unspecified atom stereocenters. The van der Waals surface area contributed by atoms with Crippen molar-refractivity contribution in [1.82, 2.24) is 0 Å². The number of esters is 1. The minimum atomic E-state index is -0.394. The maximum Gasteiger partial charge on any atom is 0.330 e. The van der Waals surface area contributed by atoms with E-state index >= 15 is 0 Å². The van der Waals surface area contributed by atoms with E-state index in [0.29, 0.717) is 5.56 Å². The van der Waals surface area contributed by atoms with Crippen LogP contribution in [0.2, 0.25) is 0 Å². The molecule has 0 N–H and O–H groups in total. The van der Waals surface area contributed by atoms with Crippen LogP contribution in [-0.4, -0.2) is 13.1 Å². The summed E-state index contributed by atoms with van der Waals surface area (Å²) in [5.74, 6) is -0.394. The van der Waals surface area contributed by atoms with Gasteiger partial charge in [0.1, 0.15) is 0 Å². The normalized spacial score (nSPS) is 9.71. The first-order valence-electron chi connectivity index (χ1n) is 4.02. The van der Waals surface area contributed by atoms with Gasteiger partial charge >= 0.3 is 5.97 Å². The van der Waals surface area contributed by atoms with Gasteiger partial charge in [-0.1, -0.05) is 12.1 Å². The molecule has 0 heterocycles. The van der Waals surface area contributed by atoms with Crippen molar-refractivity contribution in [2.24, 2.45) is 0 Å². The lowest BCUT2D eigenvalue weighted by atomic mass is 10.1. The highest BCUT2D eigenvalue weighted by Gasteiger charge is 1.92. The zero-order valence-corrected chi connectivity index (χ0v) is 7.73. The van der Waals surface area contributed by atoms with Crippen molar-refractivity contribution in [3.63, 3.8) is 0 Å². The molecule has 0 amide bonds. The smallest absolute Gasteiger partial charge is 0.330 e. The fourth-order valence-electron chi connectivity index (χ4n) is 0.901. The highest BCUT2D eigenvalue weighted by atomic mass is 16.5. The average molecular weight is 187 g/mol. The van der Waals surface area contributed by atoms with Gasteiger partial charge in [-0.05, 0) is 23.8 Å². The molecule has 0 aliphatic carbocycles. The lowest BCUT2D eigenvalue weighted by Crippen LogP contribution is -1.93. The third-order valence-corrected chi connectivity index (χ3v) is 1.65. The number of nitriles is 1. The summed E-state index contributed by atoms with van der Waals surface area (Å²) >= 11 is 0. The van der Waals surface area contributed by atoms with Crippen LogP contribution in [-0.2, 0) is 9.53 Å². The number of nitrogens with zero attached hydrogens (tertiary/aromatic N) is 1. The Morgan fingerprint density at radius 2 is 2.07 bits per heavy atom. The highest BCUT2D eigenvalue weighted by molar-refractivity contribution is 5.86. The molecule has 1 aromatic rings. The van der Waals surface area contributed by atoms with Crippen molar-refractivity contribution < 1.29 is 9.53 Å². The molecule has 0 aromatic heterocycles. The molecule has 0 atom stereocenters. The fraction of sp³-hybridized carbons (Fsp3) is 0.0909. The van der Waals surface area contributed by atoms with E-state index < -0.39 is 5.97 Å². The van der Waals surface area contributed by atoms with Crippen molar-refractivity contribution in [3.05, 3.63) is 41.5 Å². The van der Waals surface area contributed by atoms with Crippen LogP contribution in [0, 0.1) is 11.3 Å². The molecule has 0 aliphatic rings. The molecule has 0 spiro atoms. The van der Waals surface area contributed by atoms with Crippen LogP contribution in [0.5, 0.6) is 0 Å². The summed E-state index contributed by atoms with van der Waals surface area (Å²) in [5.41, 5.74) is 1.45. The van der Waals surface area contributed by atoms with E-state index in [1.165, 1.54) is 13.2 Å². The largest absolute Gasteiger partial charge is 0.466 e. The first-order chi connectivity index (χ1) is 6.76. The van der Waals surface area contributed by atoms with Gasteiger partial charge in [-0.3, -0.25) is 0 Å². The zero-order valence-electron chi connectivity index (χ0n) is 7.73. The topological polar surface area (TPSA) is 50.1 Å². The predicted octanol–water partition coefficient (Wildman–Crippen LogP) is 1.74. The number of carbonyl (C=O) groups excluding carboxylic acids is 1. The molecule has 1 aromatic carbocycles. The van der Waals surface area contributed by atoms with Gasteiger partial charge in [0, 0.05) is 6.08 Å². The third kappa shape index (κ3) is 2.76. The maximum atomic E-state index is 10.7. The molecule has 0 radical (unpaired) electrons. The standard InChI is InChI=1S/C11H9NO2/c1-14-11(13)7-6-9-2-4-10(8-12)5-3-9/h2-7H,1H3/b7-6-. The van der Waals surface area contributed by atoms with Gasteiger partial charge in [-0.2, -0.15) is 5.26 Å². The molecule has 0 aliphatic heterocycles. The van der Waals surface area contributed by atoms with E-state index in [0.717, 1.165) is 5.56 Å². The average Bonchev–Trinajstić information content (AvgIpc) is 2.26. The molecule has 0 bridgehead atoms. The van der Waals surface area contributed by atoms with E-state index in [4.69, 9.17) is 5.26 Å². The molecule has 3 heteroatoms. The number of carbonyl (C=O) groups is 1. The highest BCUT2D eigenvalue weighted by Crippen LogP contribution is 2.05. The predicted molar refractivity (Wildman–Crippen MR) is 52.2 cm³/mol. The molecule has 3 nitrogen and oxygen atoms in total. The second-order valence-electron chi connectivity index (χ2n) is 2.59. The number of ether oxygens (including phenoxy) is 1. The van der Waals surface area contributed by atoms with Gasteiger partial charge in [-0.15, -0.1) is 0 Å². The quantitative estimate of drug-likeness (QED) is 0.523. The third-order valence-electron chi connectivity index (χ3n) is 1.65. The number of rotatable bonds is 2. The Morgan fingerprint density at radius 3 is 2.57 bits per heavy atom. The second-order valence-corrected chi connectivity index (χ2v) is 2.59. The van der Waals surface area contributed by atoms with Crippen LogP contribution < -0.4 is 0 Å². The Labute approximate surface area is 82.2 Å². The summed E-state index contributed by atoms with van der Waals surface area (Å²) in [5, 5.41) is 8.54. The van der Waals surface area contributed by atoms with Crippen LogP contribution in [0.4, 0.5) is 0 Å². The van der Waals surface area contributed by atoms with Crippen LogP contribution in [0.1, 0.15) is 11.1 Å². The Balaban J connectivity index is 2.74. The van der Waals surface area contributed by atoms with E-state index in [1.54, 1.807) is 30.3 Å². The number of hydrogen-bond donors (Lipinski definition) is 0.